The van der Waals surface area contributed by atoms with Crippen molar-refractivity contribution in [1.82, 2.24) is 4.90 Å². The molecule has 2 aromatic carbocycles. The molecule has 0 atom stereocenters. The van der Waals surface area contributed by atoms with Crippen molar-refractivity contribution in [3.05, 3.63) is 59.9 Å². The molecule has 0 aliphatic carbocycles. The van der Waals surface area contributed by atoms with E-state index in [0.717, 1.165) is 4.90 Å². The van der Waals surface area contributed by atoms with Crippen molar-refractivity contribution >= 4 is 17.5 Å². The lowest BCUT2D eigenvalue weighted by atomic mass is 10.1. The van der Waals surface area contributed by atoms with Gasteiger partial charge in [0.2, 0.25) is 0 Å². The molecule has 6 nitrogen and oxygen atoms in total. The minimum atomic E-state index is -0.337. The number of carbonyl (C=O) groups excluding carboxylic acids is 2. The topological polar surface area (TPSA) is 63.1 Å². The molecule has 2 amide bonds. The smallest absolute Gasteiger partial charge is 0.279 e. The molecule has 142 valence electrons. The summed E-state index contributed by atoms with van der Waals surface area (Å²) in [5, 5.41) is 2.77. The van der Waals surface area contributed by atoms with Gasteiger partial charge in [-0.15, -0.1) is 0 Å². The summed E-state index contributed by atoms with van der Waals surface area (Å²) in [7, 11) is 1.59. The third kappa shape index (κ3) is 5.04. The van der Waals surface area contributed by atoms with Crippen LogP contribution in [0.3, 0.4) is 0 Å². The van der Waals surface area contributed by atoms with Gasteiger partial charge in [0.25, 0.3) is 11.8 Å². The van der Waals surface area contributed by atoms with Gasteiger partial charge in [-0.3, -0.25) is 9.59 Å². The molecule has 2 N–H and O–H groups in total. The Labute approximate surface area is 157 Å². The van der Waals surface area contributed by atoms with Crippen molar-refractivity contribution in [3.8, 4) is 5.75 Å². The molecule has 1 fully saturated rings. The lowest BCUT2D eigenvalue weighted by molar-refractivity contribution is -0.895. The van der Waals surface area contributed by atoms with Gasteiger partial charge in [0, 0.05) is 11.3 Å². The zero-order chi connectivity index (χ0) is 19.2. The third-order valence-electron chi connectivity index (χ3n) is 4.63. The minimum absolute atomic E-state index is 0.00698. The van der Waals surface area contributed by atoms with Crippen LogP contribution in [0.1, 0.15) is 10.4 Å². The molecule has 1 heterocycles. The zero-order valence-electron chi connectivity index (χ0n) is 15.2. The average molecular weight is 372 g/mol. The predicted octanol–water partition coefficient (Wildman–Crippen LogP) is 0.814. The summed E-state index contributed by atoms with van der Waals surface area (Å²) in [5.74, 6) is 0.253. The maximum atomic E-state index is 12.9. The summed E-state index contributed by atoms with van der Waals surface area (Å²) in [5.41, 5.74) is 1.21. The number of hydrogen-bond acceptors (Lipinski definition) is 3. The number of ether oxygens (including phenoxy) is 1. The van der Waals surface area contributed by atoms with Gasteiger partial charge in [0.1, 0.15) is 11.6 Å². The van der Waals surface area contributed by atoms with E-state index in [1.165, 1.54) is 24.3 Å². The van der Waals surface area contributed by atoms with Crippen molar-refractivity contribution in [2.24, 2.45) is 0 Å². The number of quaternary nitrogens is 1. The number of amides is 2. The number of nitrogens with zero attached hydrogens (tertiary/aromatic N) is 1. The molecular formula is C20H23FN3O3+. The molecule has 0 radical (unpaired) electrons. The van der Waals surface area contributed by atoms with Crippen LogP contribution in [0.25, 0.3) is 0 Å². The van der Waals surface area contributed by atoms with E-state index in [0.29, 0.717) is 49.7 Å². The fraction of sp³-hybridized carbons (Fsp3) is 0.300. The van der Waals surface area contributed by atoms with Crippen LogP contribution in [-0.4, -0.2) is 56.5 Å². The first-order valence-corrected chi connectivity index (χ1v) is 8.87. The Hall–Kier alpha value is -2.93. The lowest BCUT2D eigenvalue weighted by Crippen LogP contribution is -3.15. The number of methoxy groups -OCH3 is 1. The quantitative estimate of drug-likeness (QED) is 0.817. The molecule has 0 saturated carbocycles. The standard InChI is InChI=1S/C20H22FN3O3/c1-27-18-8-2-15(3-9-18)20(26)24-12-10-23(11-13-24)14-19(25)22-17-6-4-16(21)5-7-17/h2-9H,10-14H2,1H3,(H,22,25)/p+1. The van der Waals surface area contributed by atoms with E-state index in [1.807, 2.05) is 4.90 Å². The van der Waals surface area contributed by atoms with Gasteiger partial charge in [0.05, 0.1) is 33.3 Å². The number of benzene rings is 2. The Bertz CT molecular complexity index is 785. The van der Waals surface area contributed by atoms with Gasteiger partial charge in [-0.25, -0.2) is 4.39 Å². The van der Waals surface area contributed by atoms with Crippen LogP contribution in [0.5, 0.6) is 5.75 Å². The van der Waals surface area contributed by atoms with Crippen LogP contribution in [-0.2, 0) is 4.79 Å². The SMILES string of the molecule is COc1ccc(C(=O)N2CC[NH+](CC(=O)Nc3ccc(F)cc3)CC2)cc1. The van der Waals surface area contributed by atoms with E-state index in [1.54, 1.807) is 31.4 Å². The highest BCUT2D eigenvalue weighted by Crippen LogP contribution is 2.13. The Balaban J connectivity index is 1.47. The van der Waals surface area contributed by atoms with Crippen molar-refractivity contribution in [3.63, 3.8) is 0 Å². The van der Waals surface area contributed by atoms with Gasteiger partial charge in [-0.05, 0) is 48.5 Å². The summed E-state index contributed by atoms with van der Waals surface area (Å²) in [6.45, 7) is 2.94. The summed E-state index contributed by atoms with van der Waals surface area (Å²) in [6.07, 6.45) is 0. The van der Waals surface area contributed by atoms with E-state index in [4.69, 9.17) is 4.74 Å². The monoisotopic (exact) mass is 372 g/mol. The molecule has 0 unspecified atom stereocenters. The summed E-state index contributed by atoms with van der Waals surface area (Å²) in [4.78, 5) is 27.6. The maximum absolute atomic E-state index is 12.9. The van der Waals surface area contributed by atoms with Crippen LogP contribution in [0, 0.1) is 5.82 Å². The number of rotatable bonds is 5. The Kier molecular flexibility index (Phi) is 6.03. The second-order valence-electron chi connectivity index (χ2n) is 6.50. The van der Waals surface area contributed by atoms with Crippen LogP contribution in [0.2, 0.25) is 0 Å². The van der Waals surface area contributed by atoms with Crippen molar-refractivity contribution in [2.75, 3.05) is 45.2 Å². The number of nitrogens with one attached hydrogen (secondary N) is 2. The number of halogens is 1. The van der Waals surface area contributed by atoms with E-state index in [-0.39, 0.29) is 17.6 Å². The molecule has 1 saturated heterocycles. The van der Waals surface area contributed by atoms with Crippen molar-refractivity contribution in [2.45, 2.75) is 0 Å². The Morgan fingerprint density at radius 1 is 1.07 bits per heavy atom. The molecule has 2 aromatic rings. The second-order valence-corrected chi connectivity index (χ2v) is 6.50. The Morgan fingerprint density at radius 2 is 1.70 bits per heavy atom. The first-order chi connectivity index (χ1) is 13.0. The molecule has 0 spiro atoms. The van der Waals surface area contributed by atoms with Crippen molar-refractivity contribution in [1.29, 1.82) is 0 Å². The number of anilines is 1. The fourth-order valence-corrected chi connectivity index (χ4v) is 3.08. The summed E-state index contributed by atoms with van der Waals surface area (Å²) >= 11 is 0. The summed E-state index contributed by atoms with van der Waals surface area (Å²) < 4.78 is 18.0. The molecular weight excluding hydrogens is 349 g/mol. The molecule has 3 rings (SSSR count). The molecule has 1 aliphatic rings. The van der Waals surface area contributed by atoms with E-state index >= 15 is 0 Å². The predicted molar refractivity (Wildman–Crippen MR) is 99.5 cm³/mol. The van der Waals surface area contributed by atoms with E-state index in [9.17, 15) is 14.0 Å². The first kappa shape index (κ1) is 18.8. The van der Waals surface area contributed by atoms with Crippen molar-refractivity contribution < 1.29 is 23.6 Å². The lowest BCUT2D eigenvalue weighted by Gasteiger charge is -2.32. The number of piperazine rings is 1. The van der Waals surface area contributed by atoms with Gasteiger partial charge in [0.15, 0.2) is 6.54 Å². The number of hydrogen-bond donors (Lipinski definition) is 2. The van der Waals surface area contributed by atoms with Gasteiger partial charge < -0.3 is 19.9 Å². The van der Waals surface area contributed by atoms with E-state index in [2.05, 4.69) is 5.32 Å². The normalized spacial score (nSPS) is 14.7. The van der Waals surface area contributed by atoms with E-state index < -0.39 is 0 Å². The average Bonchev–Trinajstić information content (AvgIpc) is 2.70. The molecule has 27 heavy (non-hydrogen) atoms. The number of carbonyl (C=O) groups is 2. The second kappa shape index (κ2) is 8.64. The third-order valence-corrected chi connectivity index (χ3v) is 4.63. The van der Waals surface area contributed by atoms with Crippen LogP contribution in [0.15, 0.2) is 48.5 Å². The molecule has 0 bridgehead atoms. The zero-order valence-corrected chi connectivity index (χ0v) is 15.2. The van der Waals surface area contributed by atoms with Crippen LogP contribution < -0.4 is 15.0 Å². The highest BCUT2D eigenvalue weighted by atomic mass is 19.1. The minimum Gasteiger partial charge on any atom is -0.497 e. The van der Waals surface area contributed by atoms with Gasteiger partial charge in [-0.2, -0.15) is 0 Å². The molecule has 1 aliphatic heterocycles. The maximum Gasteiger partial charge on any atom is 0.279 e. The fourth-order valence-electron chi connectivity index (χ4n) is 3.08. The van der Waals surface area contributed by atoms with Gasteiger partial charge in [-0.1, -0.05) is 0 Å². The Morgan fingerprint density at radius 3 is 2.30 bits per heavy atom. The first-order valence-electron chi connectivity index (χ1n) is 8.87. The van der Waals surface area contributed by atoms with Gasteiger partial charge >= 0.3 is 0 Å². The largest absolute Gasteiger partial charge is 0.497 e. The molecule has 0 aromatic heterocycles. The van der Waals surface area contributed by atoms with Crippen LogP contribution >= 0.6 is 0 Å². The molecule has 7 heteroatoms. The highest BCUT2D eigenvalue weighted by molar-refractivity contribution is 5.94. The highest BCUT2D eigenvalue weighted by Gasteiger charge is 2.26. The summed E-state index contributed by atoms with van der Waals surface area (Å²) in [6, 6.07) is 12.8. The van der Waals surface area contributed by atoms with Crippen LogP contribution in [0.4, 0.5) is 10.1 Å².